The number of nitro benzene ring substituents is 1. The predicted octanol–water partition coefficient (Wildman–Crippen LogP) is 3.47. The summed E-state index contributed by atoms with van der Waals surface area (Å²) in [5, 5.41) is 14.0. The second-order valence-electron chi connectivity index (χ2n) is 7.17. The molecule has 0 aromatic heterocycles. The fourth-order valence-corrected chi connectivity index (χ4v) is 3.78. The topological polar surface area (TPSA) is 93.9 Å². The maximum atomic E-state index is 13.3. The number of hydrogen-bond donors (Lipinski definition) is 1. The fourth-order valence-electron chi connectivity index (χ4n) is 3.78. The van der Waals surface area contributed by atoms with Crippen molar-refractivity contribution in [1.82, 2.24) is 0 Å². The Bertz CT molecular complexity index is 964. The zero-order valence-corrected chi connectivity index (χ0v) is 15.9. The molecular weight excluding hydrogens is 400 g/mol. The number of benzene rings is 2. The average molecular weight is 419 g/mol. The minimum Gasteiger partial charge on any atom is -0.366 e. The Balaban J connectivity index is 1.53. The third kappa shape index (κ3) is 4.10. The number of halogens is 2. The molecule has 2 aromatic carbocycles. The Morgan fingerprint density at radius 3 is 2.30 bits per heavy atom. The molecule has 0 aliphatic carbocycles. The lowest BCUT2D eigenvalue weighted by Gasteiger charge is -2.38. The van der Waals surface area contributed by atoms with E-state index in [2.05, 4.69) is 5.32 Å². The minimum atomic E-state index is -0.843. The third-order valence-electron chi connectivity index (χ3n) is 5.23. The first-order valence-corrected chi connectivity index (χ1v) is 9.44. The predicted molar refractivity (Wildman–Crippen MR) is 103 cm³/mol. The van der Waals surface area contributed by atoms with E-state index in [4.69, 9.17) is 9.47 Å². The lowest BCUT2D eigenvalue weighted by Crippen LogP contribution is -2.45. The number of rotatable bonds is 4. The molecule has 2 aliphatic rings. The van der Waals surface area contributed by atoms with Crippen molar-refractivity contribution in [3.8, 4) is 0 Å². The van der Waals surface area contributed by atoms with Crippen LogP contribution >= 0.6 is 0 Å². The SMILES string of the molecule is O=C(Nc1cc(F)cc(F)c1)c1ccc(N2CCC3(CC2)OCCO3)c([N+](=O)[O-])c1. The summed E-state index contributed by atoms with van der Waals surface area (Å²) < 4.78 is 38.0. The van der Waals surface area contributed by atoms with E-state index < -0.39 is 28.3 Å². The van der Waals surface area contributed by atoms with Gasteiger partial charge in [0.25, 0.3) is 11.6 Å². The third-order valence-corrected chi connectivity index (χ3v) is 5.23. The van der Waals surface area contributed by atoms with Crippen LogP contribution in [0.15, 0.2) is 36.4 Å². The molecule has 1 N–H and O–H groups in total. The van der Waals surface area contributed by atoms with Crippen molar-refractivity contribution in [3.63, 3.8) is 0 Å². The van der Waals surface area contributed by atoms with E-state index in [0.29, 0.717) is 50.9 Å². The molecule has 8 nitrogen and oxygen atoms in total. The average Bonchev–Trinajstić information content (AvgIpc) is 3.15. The molecule has 0 saturated carbocycles. The van der Waals surface area contributed by atoms with Crippen molar-refractivity contribution >= 4 is 23.0 Å². The molecule has 30 heavy (non-hydrogen) atoms. The van der Waals surface area contributed by atoms with Gasteiger partial charge in [-0.25, -0.2) is 8.78 Å². The maximum absolute atomic E-state index is 13.3. The molecule has 4 rings (SSSR count). The van der Waals surface area contributed by atoms with Crippen LogP contribution < -0.4 is 10.2 Å². The molecule has 0 bridgehead atoms. The van der Waals surface area contributed by atoms with Gasteiger partial charge >= 0.3 is 0 Å². The number of amides is 1. The summed E-state index contributed by atoms with van der Waals surface area (Å²) in [6.07, 6.45) is 1.16. The Morgan fingerprint density at radius 2 is 1.70 bits per heavy atom. The van der Waals surface area contributed by atoms with E-state index in [9.17, 15) is 23.7 Å². The first-order valence-electron chi connectivity index (χ1n) is 9.44. The first-order chi connectivity index (χ1) is 14.3. The summed E-state index contributed by atoms with van der Waals surface area (Å²) in [5.74, 6) is -3.00. The summed E-state index contributed by atoms with van der Waals surface area (Å²) >= 11 is 0. The highest BCUT2D eigenvalue weighted by atomic mass is 19.1. The van der Waals surface area contributed by atoms with Gasteiger partial charge in [-0.2, -0.15) is 0 Å². The highest BCUT2D eigenvalue weighted by Gasteiger charge is 2.40. The second-order valence-corrected chi connectivity index (χ2v) is 7.17. The van der Waals surface area contributed by atoms with Gasteiger partial charge in [0, 0.05) is 49.3 Å². The monoisotopic (exact) mass is 419 g/mol. The summed E-state index contributed by atoms with van der Waals surface area (Å²) in [4.78, 5) is 25.4. The zero-order chi connectivity index (χ0) is 21.3. The fraction of sp³-hybridized carbons (Fsp3) is 0.350. The van der Waals surface area contributed by atoms with E-state index in [1.54, 1.807) is 0 Å². The zero-order valence-electron chi connectivity index (χ0n) is 15.9. The van der Waals surface area contributed by atoms with Gasteiger partial charge < -0.3 is 19.7 Å². The number of nitro groups is 1. The molecule has 0 radical (unpaired) electrons. The molecule has 2 fully saturated rings. The second kappa shape index (κ2) is 7.96. The normalized spacial score (nSPS) is 17.9. The quantitative estimate of drug-likeness (QED) is 0.603. The van der Waals surface area contributed by atoms with E-state index >= 15 is 0 Å². The highest BCUT2D eigenvalue weighted by Crippen LogP contribution is 2.36. The molecule has 1 spiro atoms. The van der Waals surface area contributed by atoms with Crippen molar-refractivity contribution in [2.45, 2.75) is 18.6 Å². The number of carbonyl (C=O) groups excluding carboxylic acids is 1. The van der Waals surface area contributed by atoms with Gasteiger partial charge in [-0.05, 0) is 24.3 Å². The highest BCUT2D eigenvalue weighted by molar-refractivity contribution is 6.05. The lowest BCUT2D eigenvalue weighted by atomic mass is 10.0. The van der Waals surface area contributed by atoms with Crippen molar-refractivity contribution in [3.05, 3.63) is 63.7 Å². The van der Waals surface area contributed by atoms with Gasteiger partial charge in [0.2, 0.25) is 0 Å². The van der Waals surface area contributed by atoms with Gasteiger partial charge in [-0.3, -0.25) is 14.9 Å². The lowest BCUT2D eigenvalue weighted by molar-refractivity contribution is -0.384. The van der Waals surface area contributed by atoms with Crippen LogP contribution in [0.3, 0.4) is 0 Å². The summed E-state index contributed by atoms with van der Waals surface area (Å²) in [6, 6.07) is 6.71. The first kappa shape index (κ1) is 20.2. The Hall–Kier alpha value is -3.11. The molecule has 2 aliphatic heterocycles. The van der Waals surface area contributed by atoms with E-state index in [1.165, 1.54) is 12.1 Å². The van der Waals surface area contributed by atoms with Crippen LogP contribution in [0.1, 0.15) is 23.2 Å². The Labute approximate surface area is 170 Å². The largest absolute Gasteiger partial charge is 0.366 e. The van der Waals surface area contributed by atoms with Crippen LogP contribution in [-0.4, -0.2) is 42.9 Å². The number of nitrogens with one attached hydrogen (secondary N) is 1. The van der Waals surface area contributed by atoms with Gasteiger partial charge in [0.1, 0.15) is 17.3 Å². The standard InChI is InChI=1S/C20H19F2N3O5/c21-14-10-15(22)12-16(11-14)23-19(26)13-1-2-17(18(9-13)25(27)28)24-5-3-20(4-6-24)29-7-8-30-20/h1-2,9-12H,3-8H2,(H,23,26). The van der Waals surface area contributed by atoms with E-state index in [-0.39, 0.29) is 16.9 Å². The number of hydrogen-bond acceptors (Lipinski definition) is 6. The molecule has 158 valence electrons. The number of nitrogens with zero attached hydrogens (tertiary/aromatic N) is 2. The number of piperidine rings is 1. The van der Waals surface area contributed by atoms with Crippen LogP contribution in [0, 0.1) is 21.7 Å². The summed E-state index contributed by atoms with van der Waals surface area (Å²) in [5.41, 5.74) is 0.0895. The Morgan fingerprint density at radius 1 is 1.07 bits per heavy atom. The van der Waals surface area contributed by atoms with Crippen molar-refractivity contribution in [2.24, 2.45) is 0 Å². The molecule has 2 saturated heterocycles. The molecule has 0 atom stereocenters. The van der Waals surface area contributed by atoms with Crippen LogP contribution in [0.4, 0.5) is 25.8 Å². The van der Waals surface area contributed by atoms with Crippen molar-refractivity contribution in [1.29, 1.82) is 0 Å². The summed E-state index contributed by atoms with van der Waals surface area (Å²) in [7, 11) is 0. The Kier molecular flexibility index (Phi) is 5.35. The van der Waals surface area contributed by atoms with Crippen molar-refractivity contribution in [2.75, 3.05) is 36.5 Å². The van der Waals surface area contributed by atoms with Crippen LogP contribution in [0.2, 0.25) is 0 Å². The van der Waals surface area contributed by atoms with Crippen LogP contribution in [0.5, 0.6) is 0 Å². The molecule has 2 aromatic rings. The summed E-state index contributed by atoms with van der Waals surface area (Å²) in [6.45, 7) is 2.10. The smallest absolute Gasteiger partial charge is 0.293 e. The molecule has 2 heterocycles. The molecule has 10 heteroatoms. The van der Waals surface area contributed by atoms with Crippen molar-refractivity contribution < 1.29 is 28.0 Å². The van der Waals surface area contributed by atoms with E-state index in [0.717, 1.165) is 18.2 Å². The van der Waals surface area contributed by atoms with Gasteiger partial charge in [0.15, 0.2) is 5.79 Å². The van der Waals surface area contributed by atoms with Gasteiger partial charge in [-0.15, -0.1) is 0 Å². The van der Waals surface area contributed by atoms with Gasteiger partial charge in [-0.1, -0.05) is 0 Å². The molecule has 0 unspecified atom stereocenters. The molecule has 1 amide bonds. The minimum absolute atomic E-state index is 0.00561. The number of carbonyl (C=O) groups is 1. The molecular formula is C20H19F2N3O5. The van der Waals surface area contributed by atoms with Crippen LogP contribution in [-0.2, 0) is 9.47 Å². The van der Waals surface area contributed by atoms with Crippen LogP contribution in [0.25, 0.3) is 0 Å². The van der Waals surface area contributed by atoms with E-state index in [1.807, 2.05) is 4.90 Å². The number of ether oxygens (including phenoxy) is 2. The van der Waals surface area contributed by atoms with Gasteiger partial charge in [0.05, 0.1) is 18.1 Å². The maximum Gasteiger partial charge on any atom is 0.293 e. The number of anilines is 2.